The van der Waals surface area contributed by atoms with Gasteiger partial charge in [-0.2, -0.15) is 13.2 Å². The number of benzene rings is 2. The number of carbonyl (C=O) groups is 2. The van der Waals surface area contributed by atoms with E-state index in [9.17, 15) is 22.8 Å². The molecule has 9 heteroatoms. The minimum atomic E-state index is -4.58. The number of primary amides is 1. The minimum Gasteiger partial charge on any atom is -0.368 e. The molecule has 26 heavy (non-hydrogen) atoms. The Morgan fingerprint density at radius 1 is 1.19 bits per heavy atom. The number of nitrogens with one attached hydrogen (secondary N) is 1. The van der Waals surface area contributed by atoms with Crippen molar-refractivity contribution in [2.75, 3.05) is 0 Å². The summed E-state index contributed by atoms with van der Waals surface area (Å²) < 4.78 is 39.0. The van der Waals surface area contributed by atoms with Crippen LogP contribution in [0.3, 0.4) is 0 Å². The van der Waals surface area contributed by atoms with E-state index < -0.39 is 29.6 Å². The molecular formula is C17H13BrClF3N2O2. The summed E-state index contributed by atoms with van der Waals surface area (Å²) in [6.07, 6.45) is -4.55. The van der Waals surface area contributed by atoms with Gasteiger partial charge in [0.25, 0.3) is 5.91 Å². The predicted molar refractivity (Wildman–Crippen MR) is 94.7 cm³/mol. The standard InChI is InChI=1S/C17H13BrClF3N2O2/c18-13-5-4-12(19)7-10(13)8-14(15(23)25)24-16(26)9-2-1-3-11(6-9)17(20,21)22/h1-7,14H,8H2,(H2,23,25)(H,24,26)/t14-/m1/s1. The van der Waals surface area contributed by atoms with Gasteiger partial charge < -0.3 is 11.1 Å². The molecule has 0 aromatic heterocycles. The van der Waals surface area contributed by atoms with E-state index in [-0.39, 0.29) is 12.0 Å². The molecule has 0 bridgehead atoms. The first kappa shape index (κ1) is 20.3. The molecule has 4 nitrogen and oxygen atoms in total. The SMILES string of the molecule is NC(=O)[C@@H](Cc1cc(Cl)ccc1Br)NC(=O)c1cccc(C(F)(F)F)c1. The van der Waals surface area contributed by atoms with Gasteiger partial charge in [-0.15, -0.1) is 0 Å². The number of hydrogen-bond acceptors (Lipinski definition) is 2. The molecule has 3 N–H and O–H groups in total. The van der Waals surface area contributed by atoms with Crippen LogP contribution in [-0.4, -0.2) is 17.9 Å². The molecule has 0 spiro atoms. The van der Waals surface area contributed by atoms with Crippen molar-refractivity contribution in [2.24, 2.45) is 5.73 Å². The van der Waals surface area contributed by atoms with Crippen molar-refractivity contribution in [3.8, 4) is 0 Å². The predicted octanol–water partition coefficient (Wildman–Crippen LogP) is 3.95. The third-order valence-electron chi connectivity index (χ3n) is 3.53. The van der Waals surface area contributed by atoms with Crippen molar-refractivity contribution >= 4 is 39.3 Å². The number of carbonyl (C=O) groups excluding carboxylic acids is 2. The van der Waals surface area contributed by atoms with Gasteiger partial charge in [-0.1, -0.05) is 33.6 Å². The lowest BCUT2D eigenvalue weighted by Gasteiger charge is -2.17. The lowest BCUT2D eigenvalue weighted by atomic mass is 10.0. The molecule has 2 rings (SSSR count). The number of halogens is 5. The summed E-state index contributed by atoms with van der Waals surface area (Å²) >= 11 is 9.21. The van der Waals surface area contributed by atoms with Crippen LogP contribution in [0.4, 0.5) is 13.2 Å². The quantitative estimate of drug-likeness (QED) is 0.726. The van der Waals surface area contributed by atoms with E-state index in [1.165, 1.54) is 6.07 Å². The fourth-order valence-electron chi connectivity index (χ4n) is 2.22. The zero-order chi connectivity index (χ0) is 19.5. The molecule has 0 saturated heterocycles. The van der Waals surface area contributed by atoms with E-state index in [1.54, 1.807) is 18.2 Å². The summed E-state index contributed by atoms with van der Waals surface area (Å²) in [5.41, 5.74) is 4.75. The Balaban J connectivity index is 2.21. The Labute approximate surface area is 160 Å². The van der Waals surface area contributed by atoms with Gasteiger partial charge in [0.2, 0.25) is 5.91 Å². The molecule has 0 aliphatic rings. The lowest BCUT2D eigenvalue weighted by Crippen LogP contribution is -2.46. The van der Waals surface area contributed by atoms with Crippen LogP contribution in [-0.2, 0) is 17.4 Å². The molecule has 0 heterocycles. The zero-order valence-corrected chi connectivity index (χ0v) is 15.5. The van der Waals surface area contributed by atoms with E-state index in [4.69, 9.17) is 17.3 Å². The molecule has 0 saturated carbocycles. The van der Waals surface area contributed by atoms with E-state index >= 15 is 0 Å². The van der Waals surface area contributed by atoms with Gasteiger partial charge in [0.15, 0.2) is 0 Å². The zero-order valence-electron chi connectivity index (χ0n) is 13.1. The minimum absolute atomic E-state index is 0.0289. The third kappa shape index (κ3) is 5.22. The molecule has 2 amide bonds. The first-order valence-electron chi connectivity index (χ1n) is 7.29. The number of nitrogens with two attached hydrogens (primary N) is 1. The van der Waals surface area contributed by atoms with Crippen LogP contribution in [0.1, 0.15) is 21.5 Å². The van der Waals surface area contributed by atoms with Crippen molar-refractivity contribution in [3.05, 3.63) is 68.7 Å². The van der Waals surface area contributed by atoms with Gasteiger partial charge in [-0.05, 0) is 42.0 Å². The van der Waals surface area contributed by atoms with E-state index in [0.29, 0.717) is 21.1 Å². The molecule has 1 atom stereocenters. The highest BCUT2D eigenvalue weighted by Gasteiger charge is 2.31. The van der Waals surface area contributed by atoms with E-state index in [0.717, 1.165) is 12.1 Å². The Morgan fingerprint density at radius 3 is 2.50 bits per heavy atom. The van der Waals surface area contributed by atoms with E-state index in [1.807, 2.05) is 0 Å². The average Bonchev–Trinajstić information content (AvgIpc) is 2.56. The number of alkyl halides is 3. The summed E-state index contributed by atoms with van der Waals surface area (Å²) in [5.74, 6) is -1.66. The molecule has 2 aromatic rings. The van der Waals surface area contributed by atoms with Crippen molar-refractivity contribution in [3.63, 3.8) is 0 Å². The molecule has 0 aliphatic heterocycles. The van der Waals surface area contributed by atoms with Gasteiger partial charge in [0.05, 0.1) is 5.56 Å². The van der Waals surface area contributed by atoms with Crippen LogP contribution in [0.15, 0.2) is 46.9 Å². The van der Waals surface area contributed by atoms with Gasteiger partial charge in [0, 0.05) is 21.5 Å². The monoisotopic (exact) mass is 448 g/mol. The Bertz CT molecular complexity index is 843. The van der Waals surface area contributed by atoms with Crippen molar-refractivity contribution in [2.45, 2.75) is 18.6 Å². The second kappa shape index (κ2) is 8.09. The second-order valence-electron chi connectivity index (χ2n) is 5.45. The number of rotatable bonds is 5. The maximum Gasteiger partial charge on any atom is 0.416 e. The smallest absolute Gasteiger partial charge is 0.368 e. The van der Waals surface area contributed by atoms with Gasteiger partial charge in [0.1, 0.15) is 6.04 Å². The summed E-state index contributed by atoms with van der Waals surface area (Å²) in [6.45, 7) is 0. The molecular weight excluding hydrogens is 437 g/mol. The Hall–Kier alpha value is -2.06. The average molecular weight is 450 g/mol. The highest BCUT2D eigenvalue weighted by molar-refractivity contribution is 9.10. The third-order valence-corrected chi connectivity index (χ3v) is 4.54. The van der Waals surface area contributed by atoms with Gasteiger partial charge in [-0.3, -0.25) is 9.59 Å². The Kier molecular flexibility index (Phi) is 6.30. The maximum atomic E-state index is 12.8. The van der Waals surface area contributed by atoms with E-state index in [2.05, 4.69) is 21.2 Å². The van der Waals surface area contributed by atoms with Crippen LogP contribution < -0.4 is 11.1 Å². The largest absolute Gasteiger partial charge is 0.416 e. The summed E-state index contributed by atoms with van der Waals surface area (Å²) in [4.78, 5) is 23.9. The van der Waals surface area contributed by atoms with Crippen LogP contribution in [0.2, 0.25) is 5.02 Å². The van der Waals surface area contributed by atoms with Crippen LogP contribution in [0, 0.1) is 0 Å². The summed E-state index contributed by atoms with van der Waals surface area (Å²) in [7, 11) is 0. The molecule has 0 radical (unpaired) electrons. The first-order chi connectivity index (χ1) is 12.1. The van der Waals surface area contributed by atoms with Crippen LogP contribution in [0.5, 0.6) is 0 Å². The Morgan fingerprint density at radius 2 is 1.88 bits per heavy atom. The first-order valence-corrected chi connectivity index (χ1v) is 8.46. The molecule has 0 fully saturated rings. The highest BCUT2D eigenvalue weighted by atomic mass is 79.9. The molecule has 0 aliphatic carbocycles. The van der Waals surface area contributed by atoms with Gasteiger partial charge >= 0.3 is 6.18 Å². The summed E-state index contributed by atoms with van der Waals surface area (Å²) in [5, 5.41) is 2.79. The molecule has 0 unspecified atom stereocenters. The summed E-state index contributed by atoms with van der Waals surface area (Å²) in [6, 6.07) is 7.68. The van der Waals surface area contributed by atoms with Crippen molar-refractivity contribution < 1.29 is 22.8 Å². The normalized spacial score (nSPS) is 12.5. The van der Waals surface area contributed by atoms with Gasteiger partial charge in [-0.25, -0.2) is 0 Å². The van der Waals surface area contributed by atoms with Crippen molar-refractivity contribution in [1.29, 1.82) is 0 Å². The number of hydrogen-bond donors (Lipinski definition) is 2. The fourth-order valence-corrected chi connectivity index (χ4v) is 2.82. The maximum absolute atomic E-state index is 12.8. The fraction of sp³-hybridized carbons (Fsp3) is 0.176. The molecule has 138 valence electrons. The van der Waals surface area contributed by atoms with Crippen LogP contribution in [0.25, 0.3) is 0 Å². The number of amides is 2. The van der Waals surface area contributed by atoms with Crippen molar-refractivity contribution in [1.82, 2.24) is 5.32 Å². The molecule has 2 aromatic carbocycles. The highest BCUT2D eigenvalue weighted by Crippen LogP contribution is 2.29. The lowest BCUT2D eigenvalue weighted by molar-refractivity contribution is -0.137. The topological polar surface area (TPSA) is 72.2 Å². The van der Waals surface area contributed by atoms with Crippen LogP contribution >= 0.6 is 27.5 Å². The second-order valence-corrected chi connectivity index (χ2v) is 6.74.